The highest BCUT2D eigenvalue weighted by Gasteiger charge is 2.31. The molecular formula is C17H32N2O2. The smallest absolute Gasteiger partial charge is 0.0961 e. The minimum atomic E-state index is 0.247. The highest BCUT2D eigenvalue weighted by molar-refractivity contribution is 4.88. The van der Waals surface area contributed by atoms with Gasteiger partial charge in [0.05, 0.1) is 12.7 Å². The van der Waals surface area contributed by atoms with Gasteiger partial charge in [0.1, 0.15) is 0 Å². The summed E-state index contributed by atoms with van der Waals surface area (Å²) in [5, 5.41) is 3.87. The molecule has 2 aliphatic heterocycles. The van der Waals surface area contributed by atoms with Crippen LogP contribution in [0.15, 0.2) is 0 Å². The molecule has 3 fully saturated rings. The normalized spacial score (nSPS) is 33.6. The third-order valence-corrected chi connectivity index (χ3v) is 5.51. The summed E-state index contributed by atoms with van der Waals surface area (Å²) < 4.78 is 11.4. The number of ether oxygens (including phenoxy) is 2. The van der Waals surface area contributed by atoms with Crippen LogP contribution in [-0.4, -0.2) is 62.0 Å². The topological polar surface area (TPSA) is 33.7 Å². The third-order valence-electron chi connectivity index (χ3n) is 5.51. The molecule has 0 aromatic heterocycles. The molecule has 1 saturated carbocycles. The Hall–Kier alpha value is -0.160. The highest BCUT2D eigenvalue weighted by Crippen LogP contribution is 2.26. The van der Waals surface area contributed by atoms with Crippen LogP contribution >= 0.6 is 0 Å². The summed E-state index contributed by atoms with van der Waals surface area (Å²) in [5.41, 5.74) is 0. The zero-order chi connectivity index (χ0) is 14.5. The second kappa shape index (κ2) is 7.91. The molecular weight excluding hydrogens is 264 g/mol. The second-order valence-corrected chi connectivity index (χ2v) is 6.88. The average Bonchev–Trinajstić information content (AvgIpc) is 3.05. The Labute approximate surface area is 129 Å². The number of nitrogens with one attached hydrogen (secondary N) is 1. The van der Waals surface area contributed by atoms with Gasteiger partial charge in [-0.05, 0) is 52.1 Å². The molecule has 4 nitrogen and oxygen atoms in total. The molecule has 0 aromatic carbocycles. The number of rotatable bonds is 5. The first-order chi connectivity index (χ1) is 10.4. The SMILES string of the molecule is CCO[C@@H]1COCC[C@H]1NC1CCN(C2CCCC2)CC1. The monoisotopic (exact) mass is 296 g/mol. The minimum absolute atomic E-state index is 0.247. The van der Waals surface area contributed by atoms with E-state index in [0.29, 0.717) is 12.1 Å². The van der Waals surface area contributed by atoms with Crippen LogP contribution in [0.4, 0.5) is 0 Å². The van der Waals surface area contributed by atoms with Gasteiger partial charge in [-0.2, -0.15) is 0 Å². The fraction of sp³-hybridized carbons (Fsp3) is 1.00. The second-order valence-electron chi connectivity index (χ2n) is 6.88. The molecule has 0 aromatic rings. The lowest BCUT2D eigenvalue weighted by Gasteiger charge is -2.40. The van der Waals surface area contributed by atoms with E-state index >= 15 is 0 Å². The summed E-state index contributed by atoms with van der Waals surface area (Å²) in [4.78, 5) is 2.75. The first kappa shape index (κ1) is 15.7. The highest BCUT2D eigenvalue weighted by atomic mass is 16.5. The number of hydrogen-bond acceptors (Lipinski definition) is 4. The third kappa shape index (κ3) is 4.19. The van der Waals surface area contributed by atoms with Crippen molar-refractivity contribution in [1.29, 1.82) is 0 Å². The van der Waals surface area contributed by atoms with Crippen molar-refractivity contribution >= 4 is 0 Å². The first-order valence-electron chi connectivity index (χ1n) is 9.06. The standard InChI is InChI=1S/C17H32N2O2/c1-2-21-17-13-20-12-9-16(17)18-14-7-10-19(11-8-14)15-5-3-4-6-15/h14-18H,2-13H2,1H3/t16-,17-/m1/s1. The lowest BCUT2D eigenvalue weighted by molar-refractivity contribution is -0.0687. The van der Waals surface area contributed by atoms with Crippen molar-refractivity contribution in [2.24, 2.45) is 0 Å². The number of likely N-dealkylation sites (tertiary alicyclic amines) is 1. The quantitative estimate of drug-likeness (QED) is 0.843. The van der Waals surface area contributed by atoms with Crippen molar-refractivity contribution < 1.29 is 9.47 Å². The molecule has 2 heterocycles. The Morgan fingerprint density at radius 1 is 1.10 bits per heavy atom. The van der Waals surface area contributed by atoms with Crippen LogP contribution in [0.1, 0.15) is 51.9 Å². The van der Waals surface area contributed by atoms with Crippen molar-refractivity contribution in [2.45, 2.75) is 76.1 Å². The van der Waals surface area contributed by atoms with Gasteiger partial charge in [-0.3, -0.25) is 0 Å². The summed E-state index contributed by atoms with van der Waals surface area (Å²) in [6.45, 7) is 7.06. The van der Waals surface area contributed by atoms with E-state index in [1.165, 1.54) is 51.6 Å². The van der Waals surface area contributed by atoms with Crippen molar-refractivity contribution in [3.8, 4) is 0 Å². The zero-order valence-corrected chi connectivity index (χ0v) is 13.6. The maximum Gasteiger partial charge on any atom is 0.0961 e. The van der Waals surface area contributed by atoms with Crippen LogP contribution in [0, 0.1) is 0 Å². The molecule has 0 spiro atoms. The van der Waals surface area contributed by atoms with Gasteiger partial charge in [0.15, 0.2) is 0 Å². The molecule has 0 radical (unpaired) electrons. The average molecular weight is 296 g/mol. The van der Waals surface area contributed by atoms with Crippen LogP contribution in [0.2, 0.25) is 0 Å². The molecule has 1 aliphatic carbocycles. The van der Waals surface area contributed by atoms with Gasteiger partial charge in [0, 0.05) is 31.3 Å². The minimum Gasteiger partial charge on any atom is -0.379 e. The maximum absolute atomic E-state index is 5.84. The molecule has 0 amide bonds. The van der Waals surface area contributed by atoms with Gasteiger partial charge in [-0.15, -0.1) is 0 Å². The Kier molecular flexibility index (Phi) is 5.92. The fourth-order valence-corrected chi connectivity index (χ4v) is 4.28. The summed E-state index contributed by atoms with van der Waals surface area (Å²) in [6.07, 6.45) is 9.70. The molecule has 0 bridgehead atoms. The molecule has 2 saturated heterocycles. The molecule has 2 atom stereocenters. The molecule has 1 N–H and O–H groups in total. The van der Waals surface area contributed by atoms with E-state index in [0.717, 1.165) is 32.3 Å². The molecule has 4 heteroatoms. The maximum atomic E-state index is 5.84. The van der Waals surface area contributed by atoms with Crippen LogP contribution in [-0.2, 0) is 9.47 Å². The van der Waals surface area contributed by atoms with E-state index in [2.05, 4.69) is 17.1 Å². The molecule has 0 unspecified atom stereocenters. The van der Waals surface area contributed by atoms with Crippen LogP contribution in [0.5, 0.6) is 0 Å². The van der Waals surface area contributed by atoms with Gasteiger partial charge in [0.25, 0.3) is 0 Å². The van der Waals surface area contributed by atoms with Crippen molar-refractivity contribution in [2.75, 3.05) is 32.9 Å². The summed E-state index contributed by atoms with van der Waals surface area (Å²) in [6, 6.07) is 2.06. The van der Waals surface area contributed by atoms with Gasteiger partial charge in [-0.1, -0.05) is 12.8 Å². The summed E-state index contributed by atoms with van der Waals surface area (Å²) in [7, 11) is 0. The van der Waals surface area contributed by atoms with Gasteiger partial charge >= 0.3 is 0 Å². The van der Waals surface area contributed by atoms with Crippen LogP contribution in [0.25, 0.3) is 0 Å². The van der Waals surface area contributed by atoms with E-state index in [9.17, 15) is 0 Å². The molecule has 122 valence electrons. The largest absolute Gasteiger partial charge is 0.379 e. The van der Waals surface area contributed by atoms with Crippen molar-refractivity contribution in [3.05, 3.63) is 0 Å². The predicted molar refractivity (Wildman–Crippen MR) is 84.6 cm³/mol. The Morgan fingerprint density at radius 2 is 1.86 bits per heavy atom. The van der Waals surface area contributed by atoms with Crippen molar-refractivity contribution in [1.82, 2.24) is 10.2 Å². The molecule has 21 heavy (non-hydrogen) atoms. The molecule has 3 rings (SSSR count). The lowest BCUT2D eigenvalue weighted by atomic mass is 9.98. The van der Waals surface area contributed by atoms with E-state index in [4.69, 9.17) is 9.47 Å². The van der Waals surface area contributed by atoms with E-state index in [1.54, 1.807) is 0 Å². The van der Waals surface area contributed by atoms with Gasteiger partial charge in [-0.25, -0.2) is 0 Å². The Morgan fingerprint density at radius 3 is 2.57 bits per heavy atom. The van der Waals surface area contributed by atoms with E-state index in [1.807, 2.05) is 0 Å². The first-order valence-corrected chi connectivity index (χ1v) is 9.06. The van der Waals surface area contributed by atoms with Crippen molar-refractivity contribution in [3.63, 3.8) is 0 Å². The van der Waals surface area contributed by atoms with Gasteiger partial charge < -0.3 is 19.7 Å². The summed E-state index contributed by atoms with van der Waals surface area (Å²) >= 11 is 0. The van der Waals surface area contributed by atoms with Crippen LogP contribution in [0.3, 0.4) is 0 Å². The summed E-state index contributed by atoms with van der Waals surface area (Å²) in [5.74, 6) is 0. The Balaban J connectivity index is 1.43. The predicted octanol–water partition coefficient (Wildman–Crippen LogP) is 2.18. The van der Waals surface area contributed by atoms with E-state index < -0.39 is 0 Å². The molecule has 3 aliphatic rings. The van der Waals surface area contributed by atoms with Gasteiger partial charge in [0.2, 0.25) is 0 Å². The number of piperidine rings is 1. The Bertz CT molecular complexity index is 297. The number of nitrogens with zero attached hydrogens (tertiary/aromatic N) is 1. The van der Waals surface area contributed by atoms with Crippen LogP contribution < -0.4 is 5.32 Å². The number of hydrogen-bond donors (Lipinski definition) is 1. The fourth-order valence-electron chi connectivity index (χ4n) is 4.28. The lowest BCUT2D eigenvalue weighted by Crippen LogP contribution is -2.54. The van der Waals surface area contributed by atoms with E-state index in [-0.39, 0.29) is 6.10 Å². The zero-order valence-electron chi connectivity index (χ0n) is 13.6.